The Morgan fingerprint density at radius 2 is 2.14 bits per heavy atom. The van der Waals surface area contributed by atoms with Gasteiger partial charge in [0.2, 0.25) is 0 Å². The monoisotopic (exact) mass is 314 g/mol. The molecule has 5 nitrogen and oxygen atoms in total. The van der Waals surface area contributed by atoms with Crippen molar-refractivity contribution >= 4 is 22.6 Å². The first-order valence-corrected chi connectivity index (χ1v) is 7.16. The number of rotatable bonds is 5. The van der Waals surface area contributed by atoms with E-state index in [1.807, 2.05) is 28.8 Å². The fourth-order valence-corrected chi connectivity index (χ4v) is 2.60. The van der Waals surface area contributed by atoms with Crippen molar-refractivity contribution in [2.24, 2.45) is 0 Å². The predicted octanol–water partition coefficient (Wildman–Crippen LogP) is 3.48. The van der Waals surface area contributed by atoms with Crippen molar-refractivity contribution in [1.82, 2.24) is 19.5 Å². The first kappa shape index (κ1) is 14.7. The zero-order valence-corrected chi connectivity index (χ0v) is 12.9. The summed E-state index contributed by atoms with van der Waals surface area (Å²) in [6, 6.07) is 5.79. The molecular weight excluding hydrogens is 300 g/mol. The van der Waals surface area contributed by atoms with Gasteiger partial charge < -0.3 is 9.30 Å². The second kappa shape index (κ2) is 6.25. The van der Waals surface area contributed by atoms with Crippen LogP contribution in [0.3, 0.4) is 0 Å². The average molecular weight is 315 g/mol. The van der Waals surface area contributed by atoms with E-state index in [1.54, 1.807) is 13.4 Å². The molecule has 0 atom stereocenters. The highest BCUT2D eigenvalue weighted by Crippen LogP contribution is 2.29. The van der Waals surface area contributed by atoms with E-state index in [0.717, 1.165) is 28.0 Å². The van der Waals surface area contributed by atoms with E-state index < -0.39 is 0 Å². The summed E-state index contributed by atoms with van der Waals surface area (Å²) >= 11 is 6.36. The van der Waals surface area contributed by atoms with Gasteiger partial charge >= 0.3 is 0 Å². The number of hydrogen-bond acceptors (Lipinski definition) is 4. The van der Waals surface area contributed by atoms with Gasteiger partial charge in [-0.25, -0.2) is 15.0 Å². The van der Waals surface area contributed by atoms with E-state index in [0.29, 0.717) is 18.2 Å². The molecule has 2 heterocycles. The Morgan fingerprint density at radius 3 is 2.91 bits per heavy atom. The lowest BCUT2D eigenvalue weighted by Crippen LogP contribution is -1.96. The summed E-state index contributed by atoms with van der Waals surface area (Å²) in [6.45, 7) is 4.88. The van der Waals surface area contributed by atoms with Crippen molar-refractivity contribution in [3.8, 4) is 11.3 Å². The number of benzene rings is 1. The molecule has 0 bridgehead atoms. The number of halogens is 1. The molecule has 0 aliphatic heterocycles. The van der Waals surface area contributed by atoms with Crippen LogP contribution in [0.5, 0.6) is 0 Å². The minimum absolute atomic E-state index is 0.444. The molecule has 0 spiro atoms. The van der Waals surface area contributed by atoms with Crippen molar-refractivity contribution in [3.05, 3.63) is 54.2 Å². The van der Waals surface area contributed by atoms with E-state index in [1.165, 1.54) is 6.33 Å². The smallest absolute Gasteiger partial charge is 0.116 e. The highest BCUT2D eigenvalue weighted by Gasteiger charge is 2.11. The van der Waals surface area contributed by atoms with Crippen LogP contribution in [0, 0.1) is 0 Å². The Hall–Kier alpha value is -2.24. The maximum Gasteiger partial charge on any atom is 0.116 e. The second-order valence-electron chi connectivity index (χ2n) is 4.84. The number of fused-ring (bicyclic) bond motifs is 1. The van der Waals surface area contributed by atoms with Crippen LogP contribution in [0.4, 0.5) is 0 Å². The summed E-state index contributed by atoms with van der Waals surface area (Å²) < 4.78 is 7.10. The molecule has 112 valence electrons. The fraction of sp³-hybridized carbons (Fsp3) is 0.188. The number of methoxy groups -OCH3 is 1. The molecule has 2 aromatic heterocycles. The molecule has 6 heteroatoms. The van der Waals surface area contributed by atoms with E-state index in [9.17, 15) is 0 Å². The molecule has 0 unspecified atom stereocenters. The van der Waals surface area contributed by atoms with Crippen LogP contribution < -0.4 is 0 Å². The molecule has 0 N–H and O–H groups in total. The molecule has 3 aromatic rings. The molecule has 0 fully saturated rings. The van der Waals surface area contributed by atoms with Gasteiger partial charge in [0.25, 0.3) is 0 Å². The van der Waals surface area contributed by atoms with Crippen LogP contribution in [0.2, 0.25) is 5.02 Å². The standard InChI is InChI=1S/C16H15ClN4O/c1-3-4-21-10-20-16-13(17)5-11(6-15(16)21)14-7-12(8-22-2)18-9-19-14/h3,5-7,9-10H,1,4,8H2,2H3. The van der Waals surface area contributed by atoms with Crippen molar-refractivity contribution in [3.63, 3.8) is 0 Å². The van der Waals surface area contributed by atoms with Crippen LogP contribution in [0.15, 0.2) is 43.5 Å². The van der Waals surface area contributed by atoms with Crippen LogP contribution in [-0.4, -0.2) is 26.6 Å². The number of nitrogens with zero attached hydrogens (tertiary/aromatic N) is 4. The largest absolute Gasteiger partial charge is 0.378 e. The lowest BCUT2D eigenvalue weighted by molar-refractivity contribution is 0.181. The molecule has 0 saturated heterocycles. The molecule has 22 heavy (non-hydrogen) atoms. The number of aromatic nitrogens is 4. The number of hydrogen-bond donors (Lipinski definition) is 0. The molecular formula is C16H15ClN4O. The third kappa shape index (κ3) is 2.73. The third-order valence-electron chi connectivity index (χ3n) is 3.32. The molecule has 3 rings (SSSR count). The minimum Gasteiger partial charge on any atom is -0.378 e. The zero-order valence-electron chi connectivity index (χ0n) is 12.2. The first-order valence-electron chi connectivity index (χ1n) is 6.78. The van der Waals surface area contributed by atoms with E-state index in [-0.39, 0.29) is 0 Å². The van der Waals surface area contributed by atoms with Crippen LogP contribution >= 0.6 is 11.6 Å². The van der Waals surface area contributed by atoms with Gasteiger partial charge in [0.15, 0.2) is 0 Å². The predicted molar refractivity (Wildman–Crippen MR) is 86.7 cm³/mol. The summed E-state index contributed by atoms with van der Waals surface area (Å²) in [7, 11) is 1.64. The molecule has 0 saturated carbocycles. The maximum atomic E-state index is 6.36. The molecule has 0 radical (unpaired) electrons. The topological polar surface area (TPSA) is 52.8 Å². The van der Waals surface area contributed by atoms with Gasteiger partial charge in [-0.2, -0.15) is 0 Å². The van der Waals surface area contributed by atoms with Crippen LogP contribution in [0.1, 0.15) is 5.69 Å². The summed E-state index contributed by atoms with van der Waals surface area (Å²) in [5.41, 5.74) is 4.27. The van der Waals surface area contributed by atoms with Crippen molar-refractivity contribution in [1.29, 1.82) is 0 Å². The SMILES string of the molecule is C=CCn1cnc2c(Cl)cc(-c3cc(COC)ncn3)cc21. The average Bonchev–Trinajstić information content (AvgIpc) is 2.92. The molecule has 0 aliphatic rings. The molecule has 0 aliphatic carbocycles. The van der Waals surface area contributed by atoms with Crippen molar-refractivity contribution < 1.29 is 4.74 Å². The fourth-order valence-electron chi connectivity index (χ4n) is 2.34. The lowest BCUT2D eigenvalue weighted by Gasteiger charge is -2.06. The van der Waals surface area contributed by atoms with E-state index >= 15 is 0 Å². The Balaban J connectivity index is 2.12. The Bertz CT molecular complexity index is 828. The van der Waals surface area contributed by atoms with Gasteiger partial charge in [-0.15, -0.1) is 6.58 Å². The van der Waals surface area contributed by atoms with Crippen molar-refractivity contribution in [2.75, 3.05) is 7.11 Å². The number of allylic oxidation sites excluding steroid dienone is 1. The number of ether oxygens (including phenoxy) is 1. The summed E-state index contributed by atoms with van der Waals surface area (Å²) in [6.07, 6.45) is 5.12. The quantitative estimate of drug-likeness (QED) is 0.677. The van der Waals surface area contributed by atoms with Gasteiger partial charge in [-0.05, 0) is 18.2 Å². The van der Waals surface area contributed by atoms with Gasteiger partial charge in [-0.1, -0.05) is 17.7 Å². The van der Waals surface area contributed by atoms with Gasteiger partial charge in [0, 0.05) is 19.2 Å². The van der Waals surface area contributed by atoms with Crippen LogP contribution in [-0.2, 0) is 17.9 Å². The Labute approximate surface area is 133 Å². The third-order valence-corrected chi connectivity index (χ3v) is 3.60. The van der Waals surface area contributed by atoms with Crippen molar-refractivity contribution in [2.45, 2.75) is 13.2 Å². The summed E-state index contributed by atoms with van der Waals surface area (Å²) in [5.74, 6) is 0. The Kier molecular flexibility index (Phi) is 4.18. The maximum absolute atomic E-state index is 6.36. The zero-order chi connectivity index (χ0) is 15.5. The van der Waals surface area contributed by atoms with Gasteiger partial charge in [0.1, 0.15) is 11.8 Å². The van der Waals surface area contributed by atoms with E-state index in [4.69, 9.17) is 16.3 Å². The molecule has 1 aromatic carbocycles. The van der Waals surface area contributed by atoms with E-state index in [2.05, 4.69) is 21.5 Å². The van der Waals surface area contributed by atoms with Gasteiger partial charge in [0.05, 0.1) is 34.9 Å². The van der Waals surface area contributed by atoms with Crippen LogP contribution in [0.25, 0.3) is 22.3 Å². The number of imidazole rings is 1. The second-order valence-corrected chi connectivity index (χ2v) is 5.25. The first-order chi connectivity index (χ1) is 10.7. The Morgan fingerprint density at radius 1 is 1.27 bits per heavy atom. The normalized spacial score (nSPS) is 11.0. The highest BCUT2D eigenvalue weighted by atomic mass is 35.5. The highest BCUT2D eigenvalue weighted by molar-refractivity contribution is 6.35. The summed E-state index contributed by atoms with van der Waals surface area (Å²) in [4.78, 5) is 12.9. The molecule has 0 amide bonds. The van der Waals surface area contributed by atoms with Gasteiger partial charge in [-0.3, -0.25) is 0 Å². The minimum atomic E-state index is 0.444. The lowest BCUT2D eigenvalue weighted by atomic mass is 10.1. The summed E-state index contributed by atoms with van der Waals surface area (Å²) in [5, 5.41) is 0.599.